The van der Waals surface area contributed by atoms with Gasteiger partial charge in [0.15, 0.2) is 6.10 Å². The summed E-state index contributed by atoms with van der Waals surface area (Å²) in [5.41, 5.74) is 1.03. The summed E-state index contributed by atoms with van der Waals surface area (Å²) in [5, 5.41) is 11.6. The summed E-state index contributed by atoms with van der Waals surface area (Å²) in [6.45, 7) is 2.29. The Morgan fingerprint density at radius 3 is 2.85 bits per heavy atom. The number of carboxylic acid groups (broad SMARTS) is 1. The standard InChI is InChI=1S/C15H19NO4/c1-2-10(7-14(17)18)9-16-15(19)13-8-11-5-3-4-6-12(11)20-13/h3-6,10,13H,2,7-9H2,1H3,(H,16,19)(H,17,18). The molecule has 1 aromatic carbocycles. The van der Waals surface area contributed by atoms with Gasteiger partial charge in [-0.1, -0.05) is 31.5 Å². The lowest BCUT2D eigenvalue weighted by molar-refractivity contribution is -0.138. The first-order valence-corrected chi connectivity index (χ1v) is 6.84. The predicted octanol–water partition coefficient (Wildman–Crippen LogP) is 1.61. The Morgan fingerprint density at radius 1 is 1.45 bits per heavy atom. The molecule has 2 rings (SSSR count). The number of hydrogen-bond acceptors (Lipinski definition) is 3. The number of carbonyl (C=O) groups is 2. The van der Waals surface area contributed by atoms with E-state index >= 15 is 0 Å². The van der Waals surface area contributed by atoms with Gasteiger partial charge in [0.05, 0.1) is 0 Å². The molecule has 1 aromatic rings. The van der Waals surface area contributed by atoms with Gasteiger partial charge in [-0.05, 0) is 17.5 Å². The number of carboxylic acids is 1. The van der Waals surface area contributed by atoms with Crippen molar-refractivity contribution in [2.75, 3.05) is 6.54 Å². The van der Waals surface area contributed by atoms with Crippen LogP contribution in [0.4, 0.5) is 0 Å². The van der Waals surface area contributed by atoms with E-state index in [0.29, 0.717) is 13.0 Å². The van der Waals surface area contributed by atoms with Crippen molar-refractivity contribution in [3.63, 3.8) is 0 Å². The van der Waals surface area contributed by atoms with Crippen molar-refractivity contribution in [2.45, 2.75) is 32.3 Å². The summed E-state index contributed by atoms with van der Waals surface area (Å²) in [6, 6.07) is 7.59. The first-order chi connectivity index (χ1) is 9.60. The van der Waals surface area contributed by atoms with E-state index in [1.54, 1.807) is 0 Å². The van der Waals surface area contributed by atoms with E-state index < -0.39 is 12.1 Å². The van der Waals surface area contributed by atoms with Crippen molar-refractivity contribution >= 4 is 11.9 Å². The third-order valence-electron chi connectivity index (χ3n) is 3.55. The zero-order chi connectivity index (χ0) is 14.5. The van der Waals surface area contributed by atoms with Gasteiger partial charge in [0.25, 0.3) is 5.91 Å². The highest BCUT2D eigenvalue weighted by molar-refractivity contribution is 5.82. The second-order valence-electron chi connectivity index (χ2n) is 5.04. The molecule has 0 radical (unpaired) electrons. The fourth-order valence-electron chi connectivity index (χ4n) is 2.29. The number of benzene rings is 1. The maximum atomic E-state index is 12.0. The number of hydrogen-bond donors (Lipinski definition) is 2. The van der Waals surface area contributed by atoms with Crippen LogP contribution in [0.5, 0.6) is 5.75 Å². The Morgan fingerprint density at radius 2 is 2.20 bits per heavy atom. The Balaban J connectivity index is 1.83. The molecule has 0 saturated carbocycles. The fraction of sp³-hybridized carbons (Fsp3) is 0.467. The molecule has 2 atom stereocenters. The lowest BCUT2D eigenvalue weighted by Crippen LogP contribution is -2.40. The molecular formula is C15H19NO4. The Kier molecular flexibility index (Phi) is 4.61. The number of nitrogens with one attached hydrogen (secondary N) is 1. The van der Waals surface area contributed by atoms with E-state index in [0.717, 1.165) is 17.7 Å². The van der Waals surface area contributed by atoms with E-state index in [4.69, 9.17) is 9.84 Å². The van der Waals surface area contributed by atoms with Crippen molar-refractivity contribution in [1.82, 2.24) is 5.32 Å². The molecule has 0 fully saturated rings. The summed E-state index contributed by atoms with van der Waals surface area (Å²) in [5.74, 6) is -0.300. The molecule has 0 saturated heterocycles. The smallest absolute Gasteiger partial charge is 0.303 e. The minimum absolute atomic E-state index is 0.0415. The summed E-state index contributed by atoms with van der Waals surface area (Å²) in [4.78, 5) is 22.7. The van der Waals surface area contributed by atoms with Crippen molar-refractivity contribution in [1.29, 1.82) is 0 Å². The highest BCUT2D eigenvalue weighted by Gasteiger charge is 2.28. The van der Waals surface area contributed by atoms with E-state index in [2.05, 4.69) is 5.32 Å². The molecular weight excluding hydrogens is 258 g/mol. The molecule has 0 bridgehead atoms. The number of ether oxygens (including phenoxy) is 1. The topological polar surface area (TPSA) is 75.6 Å². The van der Waals surface area contributed by atoms with Gasteiger partial charge in [-0.25, -0.2) is 0 Å². The van der Waals surface area contributed by atoms with E-state index in [1.807, 2.05) is 31.2 Å². The van der Waals surface area contributed by atoms with E-state index in [-0.39, 0.29) is 18.2 Å². The number of amides is 1. The normalized spacial score (nSPS) is 17.9. The molecule has 20 heavy (non-hydrogen) atoms. The van der Waals surface area contributed by atoms with Gasteiger partial charge in [-0.15, -0.1) is 0 Å². The van der Waals surface area contributed by atoms with Crippen LogP contribution in [0.15, 0.2) is 24.3 Å². The van der Waals surface area contributed by atoms with Crippen LogP contribution >= 0.6 is 0 Å². The minimum atomic E-state index is -0.837. The number of rotatable bonds is 6. The Bertz CT molecular complexity index is 475. The van der Waals surface area contributed by atoms with Crippen LogP contribution in [0.2, 0.25) is 0 Å². The molecule has 1 amide bonds. The van der Waals surface area contributed by atoms with Gasteiger partial charge < -0.3 is 15.2 Å². The molecule has 1 aliphatic rings. The van der Waals surface area contributed by atoms with Crippen LogP contribution in [0.1, 0.15) is 25.3 Å². The molecule has 0 aliphatic carbocycles. The molecule has 108 valence electrons. The van der Waals surface area contributed by atoms with Gasteiger partial charge in [0.1, 0.15) is 5.75 Å². The molecule has 2 unspecified atom stereocenters. The maximum absolute atomic E-state index is 12.0. The maximum Gasteiger partial charge on any atom is 0.303 e. The second kappa shape index (κ2) is 6.41. The van der Waals surface area contributed by atoms with Crippen LogP contribution in [0.25, 0.3) is 0 Å². The van der Waals surface area contributed by atoms with Crippen LogP contribution < -0.4 is 10.1 Å². The average molecular weight is 277 g/mol. The first kappa shape index (κ1) is 14.4. The lowest BCUT2D eigenvalue weighted by Gasteiger charge is -2.16. The molecule has 1 aliphatic heterocycles. The summed E-state index contributed by atoms with van der Waals surface area (Å²) in [7, 11) is 0. The fourth-order valence-corrected chi connectivity index (χ4v) is 2.29. The SMILES string of the molecule is CCC(CNC(=O)C1Cc2ccccc2O1)CC(=O)O. The largest absolute Gasteiger partial charge is 0.481 e. The average Bonchev–Trinajstić information content (AvgIpc) is 2.86. The van der Waals surface area contributed by atoms with Crippen molar-refractivity contribution in [3.05, 3.63) is 29.8 Å². The minimum Gasteiger partial charge on any atom is -0.481 e. The number of fused-ring (bicyclic) bond motifs is 1. The van der Waals surface area contributed by atoms with Crippen LogP contribution in [0, 0.1) is 5.92 Å². The highest BCUT2D eigenvalue weighted by Crippen LogP contribution is 2.28. The molecule has 1 heterocycles. The zero-order valence-electron chi connectivity index (χ0n) is 11.5. The van der Waals surface area contributed by atoms with Gasteiger partial charge >= 0.3 is 5.97 Å². The van der Waals surface area contributed by atoms with Crippen LogP contribution in [-0.4, -0.2) is 29.6 Å². The third-order valence-corrected chi connectivity index (χ3v) is 3.55. The molecule has 0 aromatic heterocycles. The molecule has 5 heteroatoms. The summed E-state index contributed by atoms with van der Waals surface area (Å²) >= 11 is 0. The number of aliphatic carboxylic acids is 1. The number of carbonyl (C=O) groups excluding carboxylic acids is 1. The Hall–Kier alpha value is -2.04. The van der Waals surface area contributed by atoms with Gasteiger partial charge in [0.2, 0.25) is 0 Å². The Labute approximate surface area is 117 Å². The van der Waals surface area contributed by atoms with Gasteiger partial charge in [-0.3, -0.25) is 9.59 Å². The number of para-hydroxylation sites is 1. The molecule has 0 spiro atoms. The second-order valence-corrected chi connectivity index (χ2v) is 5.04. The van der Waals surface area contributed by atoms with E-state index in [9.17, 15) is 9.59 Å². The molecule has 5 nitrogen and oxygen atoms in total. The highest BCUT2D eigenvalue weighted by atomic mass is 16.5. The first-order valence-electron chi connectivity index (χ1n) is 6.84. The third kappa shape index (κ3) is 3.50. The van der Waals surface area contributed by atoms with Crippen molar-refractivity contribution in [2.24, 2.45) is 5.92 Å². The lowest BCUT2D eigenvalue weighted by atomic mass is 10.0. The van der Waals surface area contributed by atoms with Crippen LogP contribution in [-0.2, 0) is 16.0 Å². The summed E-state index contributed by atoms with van der Waals surface area (Å²) in [6.07, 6.45) is 0.855. The monoisotopic (exact) mass is 277 g/mol. The van der Waals surface area contributed by atoms with Gasteiger partial charge in [-0.2, -0.15) is 0 Å². The zero-order valence-corrected chi connectivity index (χ0v) is 11.5. The molecule has 2 N–H and O–H groups in total. The van der Waals surface area contributed by atoms with Crippen molar-refractivity contribution in [3.8, 4) is 5.75 Å². The van der Waals surface area contributed by atoms with Gasteiger partial charge in [0, 0.05) is 19.4 Å². The summed E-state index contributed by atoms with van der Waals surface area (Å²) < 4.78 is 5.59. The quantitative estimate of drug-likeness (QED) is 0.828. The predicted molar refractivity (Wildman–Crippen MR) is 73.6 cm³/mol. The van der Waals surface area contributed by atoms with Crippen LogP contribution in [0.3, 0.4) is 0 Å². The van der Waals surface area contributed by atoms with Crippen molar-refractivity contribution < 1.29 is 19.4 Å². The van der Waals surface area contributed by atoms with E-state index in [1.165, 1.54) is 0 Å².